The molecule has 3 aromatic carbocycles. The van der Waals surface area contributed by atoms with Gasteiger partial charge in [-0.25, -0.2) is 4.79 Å². The van der Waals surface area contributed by atoms with E-state index in [1.165, 1.54) is 6.08 Å². The van der Waals surface area contributed by atoms with E-state index in [9.17, 15) is 13.2 Å². The van der Waals surface area contributed by atoms with Gasteiger partial charge in [0, 0.05) is 19.2 Å². The minimum absolute atomic E-state index is 0.228. The van der Waals surface area contributed by atoms with Gasteiger partial charge in [0.1, 0.15) is 6.10 Å². The summed E-state index contributed by atoms with van der Waals surface area (Å²) in [4.78, 5) is 14.8. The summed E-state index contributed by atoms with van der Waals surface area (Å²) in [5.41, 5.74) is 3.09. The molecule has 0 N–H and O–H groups in total. The molecule has 4 rings (SSSR count). The molecule has 0 saturated carbocycles. The number of rotatable bonds is 8. The highest BCUT2D eigenvalue weighted by Gasteiger charge is 2.45. The summed E-state index contributed by atoms with van der Waals surface area (Å²) in [6.45, 7) is 2.82. The van der Waals surface area contributed by atoms with Crippen molar-refractivity contribution < 1.29 is 22.1 Å². The summed E-state index contributed by atoms with van der Waals surface area (Å²) < 4.78 is 34.6. The van der Waals surface area contributed by atoms with E-state index in [4.69, 9.17) is 8.92 Å². The van der Waals surface area contributed by atoms with Crippen molar-refractivity contribution in [2.45, 2.75) is 25.0 Å². The highest BCUT2D eigenvalue weighted by molar-refractivity contribution is 7.86. The molecule has 1 heterocycles. The Balaban J connectivity index is 1.90. The van der Waals surface area contributed by atoms with E-state index in [1.807, 2.05) is 54.6 Å². The van der Waals surface area contributed by atoms with Crippen LogP contribution in [0.2, 0.25) is 0 Å². The highest BCUT2D eigenvalue weighted by atomic mass is 32.2. The van der Waals surface area contributed by atoms with Crippen LogP contribution in [0.1, 0.15) is 30.0 Å². The molecule has 1 saturated heterocycles. The zero-order valence-electron chi connectivity index (χ0n) is 20.5. The molecular weight excluding hydrogens is 474 g/mol. The lowest BCUT2D eigenvalue weighted by atomic mass is 9.74. The van der Waals surface area contributed by atoms with Crippen LogP contribution in [-0.2, 0) is 29.4 Å². The molecule has 0 aliphatic carbocycles. The number of nitrogens with zero attached hydrogens (tertiary/aromatic N) is 1. The quantitative estimate of drug-likeness (QED) is 0.194. The second-order valence-corrected chi connectivity index (χ2v) is 10.4. The van der Waals surface area contributed by atoms with Crippen LogP contribution in [0.3, 0.4) is 0 Å². The lowest BCUT2D eigenvalue weighted by molar-refractivity contribution is -0.137. The molecule has 0 spiro atoms. The van der Waals surface area contributed by atoms with Gasteiger partial charge in [-0.2, -0.15) is 8.42 Å². The number of carbonyl (C=O) groups is 1. The first-order valence-electron chi connectivity index (χ1n) is 12.0. The Hall–Kier alpha value is -3.26. The Morgan fingerprint density at radius 3 is 1.81 bits per heavy atom. The fourth-order valence-corrected chi connectivity index (χ4v) is 5.67. The average molecular weight is 506 g/mol. The second-order valence-electron chi connectivity index (χ2n) is 8.78. The third-order valence-electron chi connectivity index (χ3n) is 6.38. The minimum Gasteiger partial charge on any atom is -0.463 e. The van der Waals surface area contributed by atoms with Crippen LogP contribution >= 0.6 is 0 Å². The first kappa shape index (κ1) is 25.8. The van der Waals surface area contributed by atoms with Crippen LogP contribution in [0.25, 0.3) is 0 Å². The Labute approximate surface area is 213 Å². The Kier molecular flexibility index (Phi) is 8.04. The molecule has 36 heavy (non-hydrogen) atoms. The molecule has 7 heteroatoms. The van der Waals surface area contributed by atoms with Gasteiger partial charge in [-0.15, -0.1) is 0 Å². The van der Waals surface area contributed by atoms with Crippen molar-refractivity contribution in [2.75, 3.05) is 26.0 Å². The highest BCUT2D eigenvalue weighted by Crippen LogP contribution is 2.44. The summed E-state index contributed by atoms with van der Waals surface area (Å²) >= 11 is 0. The van der Waals surface area contributed by atoms with Crippen molar-refractivity contribution in [1.82, 2.24) is 4.90 Å². The molecule has 0 radical (unpaired) electrons. The van der Waals surface area contributed by atoms with Gasteiger partial charge < -0.3 is 4.74 Å². The molecule has 1 aliphatic rings. The number of hydrogen-bond donors (Lipinski definition) is 0. The normalized spacial score (nSPS) is 18.2. The molecule has 0 aromatic heterocycles. The number of hydrogen-bond acceptors (Lipinski definition) is 6. The topological polar surface area (TPSA) is 72.9 Å². The maximum Gasteiger partial charge on any atom is 0.330 e. The number of benzene rings is 3. The molecular formula is C29H31NO5S. The van der Waals surface area contributed by atoms with E-state index in [2.05, 4.69) is 41.3 Å². The van der Waals surface area contributed by atoms with Crippen LogP contribution in [0.4, 0.5) is 0 Å². The number of esters is 1. The molecule has 188 valence electrons. The standard InChI is InChI=1S/C29H31NO5S/c1-3-34-28(31)21-23-22-30(20-19-27(23)35-36(2,32)33)29(24-13-7-4-8-14-24,25-15-9-5-10-16-25)26-17-11-6-12-18-26/h4-18,21,27H,3,19-20,22H2,1-2H3. The molecule has 1 fully saturated rings. The van der Waals surface area contributed by atoms with Gasteiger partial charge in [-0.1, -0.05) is 91.0 Å². The van der Waals surface area contributed by atoms with E-state index in [1.54, 1.807) is 6.92 Å². The molecule has 3 aromatic rings. The number of likely N-dealkylation sites (tertiary alicyclic amines) is 1. The zero-order valence-corrected chi connectivity index (χ0v) is 21.4. The van der Waals surface area contributed by atoms with Gasteiger partial charge in [0.15, 0.2) is 0 Å². The molecule has 0 bridgehead atoms. The average Bonchev–Trinajstić information content (AvgIpc) is 2.87. The Morgan fingerprint density at radius 2 is 1.39 bits per heavy atom. The minimum atomic E-state index is -3.73. The lowest BCUT2D eigenvalue weighted by Crippen LogP contribution is -2.53. The van der Waals surface area contributed by atoms with Crippen LogP contribution in [-0.4, -0.2) is 51.3 Å². The predicted molar refractivity (Wildman–Crippen MR) is 140 cm³/mol. The molecule has 0 amide bonds. The van der Waals surface area contributed by atoms with Crippen molar-refractivity contribution in [2.24, 2.45) is 0 Å². The van der Waals surface area contributed by atoms with E-state index < -0.39 is 27.7 Å². The maximum absolute atomic E-state index is 12.5. The van der Waals surface area contributed by atoms with Crippen molar-refractivity contribution in [1.29, 1.82) is 0 Å². The zero-order chi connectivity index (χ0) is 25.6. The van der Waals surface area contributed by atoms with Gasteiger partial charge in [-0.3, -0.25) is 9.08 Å². The summed E-state index contributed by atoms with van der Waals surface area (Å²) in [5, 5.41) is 0. The summed E-state index contributed by atoms with van der Waals surface area (Å²) in [6, 6.07) is 30.7. The summed E-state index contributed by atoms with van der Waals surface area (Å²) in [5.74, 6) is -0.513. The molecule has 6 nitrogen and oxygen atoms in total. The number of ether oxygens (including phenoxy) is 1. The van der Waals surface area contributed by atoms with Crippen molar-refractivity contribution in [3.63, 3.8) is 0 Å². The van der Waals surface area contributed by atoms with Crippen LogP contribution < -0.4 is 0 Å². The van der Waals surface area contributed by atoms with E-state index in [0.717, 1.165) is 22.9 Å². The summed E-state index contributed by atoms with van der Waals surface area (Å²) in [6.07, 6.45) is 2.08. The van der Waals surface area contributed by atoms with Gasteiger partial charge in [0.05, 0.1) is 18.4 Å². The van der Waals surface area contributed by atoms with E-state index in [0.29, 0.717) is 25.1 Å². The Morgan fingerprint density at radius 1 is 0.917 bits per heavy atom. The number of carbonyl (C=O) groups excluding carboxylic acids is 1. The van der Waals surface area contributed by atoms with Gasteiger partial charge in [0.2, 0.25) is 0 Å². The van der Waals surface area contributed by atoms with E-state index >= 15 is 0 Å². The first-order chi connectivity index (χ1) is 17.3. The molecule has 1 unspecified atom stereocenters. The van der Waals surface area contributed by atoms with E-state index in [-0.39, 0.29) is 6.61 Å². The first-order valence-corrected chi connectivity index (χ1v) is 13.8. The summed E-state index contributed by atoms with van der Waals surface area (Å²) in [7, 11) is -3.73. The third-order valence-corrected chi connectivity index (χ3v) is 6.96. The van der Waals surface area contributed by atoms with Crippen LogP contribution in [0, 0.1) is 0 Å². The fraction of sp³-hybridized carbons (Fsp3) is 0.276. The van der Waals surface area contributed by atoms with Crippen molar-refractivity contribution in [3.8, 4) is 0 Å². The predicted octanol–water partition coefficient (Wildman–Crippen LogP) is 4.52. The second kappa shape index (κ2) is 11.2. The number of piperidine rings is 1. The third kappa shape index (κ3) is 5.59. The molecule has 1 atom stereocenters. The largest absolute Gasteiger partial charge is 0.463 e. The maximum atomic E-state index is 12.5. The van der Waals surface area contributed by atoms with Crippen molar-refractivity contribution >= 4 is 16.1 Å². The van der Waals surface area contributed by atoms with Gasteiger partial charge in [-0.05, 0) is 35.6 Å². The van der Waals surface area contributed by atoms with Gasteiger partial charge in [0.25, 0.3) is 10.1 Å². The molecule has 1 aliphatic heterocycles. The smallest absolute Gasteiger partial charge is 0.330 e. The Bertz CT molecular complexity index is 1190. The SMILES string of the molecule is CCOC(=O)C=C1CN(C(c2ccccc2)(c2ccccc2)c2ccccc2)CCC1OS(C)(=O)=O. The monoisotopic (exact) mass is 505 g/mol. The fourth-order valence-electron chi connectivity index (χ4n) is 5.03. The van der Waals surface area contributed by atoms with Crippen LogP contribution in [0.15, 0.2) is 103 Å². The van der Waals surface area contributed by atoms with Crippen LogP contribution in [0.5, 0.6) is 0 Å². The van der Waals surface area contributed by atoms with Crippen molar-refractivity contribution in [3.05, 3.63) is 119 Å². The van der Waals surface area contributed by atoms with Gasteiger partial charge >= 0.3 is 5.97 Å². The lowest BCUT2D eigenvalue weighted by Gasteiger charge is -2.48.